The van der Waals surface area contributed by atoms with Crippen LogP contribution in [-0.2, 0) is 4.79 Å². The molecule has 2 aromatic carbocycles. The average Bonchev–Trinajstić information content (AvgIpc) is 3.26. The van der Waals surface area contributed by atoms with Crippen LogP contribution in [0.25, 0.3) is 0 Å². The molecule has 1 unspecified atom stereocenters. The average molecular weight is 413 g/mol. The Balaban J connectivity index is 1.69. The number of hydrazone groups is 1. The summed E-state index contributed by atoms with van der Waals surface area (Å²) in [6.45, 7) is 0.716. The predicted molar refractivity (Wildman–Crippen MR) is 115 cm³/mol. The molecule has 0 aromatic heterocycles. The van der Waals surface area contributed by atoms with E-state index in [1.807, 2.05) is 23.2 Å². The summed E-state index contributed by atoms with van der Waals surface area (Å²) >= 11 is 0. The van der Waals surface area contributed by atoms with Gasteiger partial charge in [0.1, 0.15) is 6.04 Å². The van der Waals surface area contributed by atoms with Crippen molar-refractivity contribution in [2.45, 2.75) is 18.9 Å². The van der Waals surface area contributed by atoms with Crippen molar-refractivity contribution < 1.29 is 23.7 Å². The third-order valence-electron chi connectivity index (χ3n) is 4.94. The zero-order valence-corrected chi connectivity index (χ0v) is 17.7. The lowest BCUT2D eigenvalue weighted by atomic mass is 10.2. The lowest BCUT2D eigenvalue weighted by Crippen LogP contribution is -2.36. The van der Waals surface area contributed by atoms with Crippen molar-refractivity contribution in [1.29, 1.82) is 0 Å². The molecule has 2 aromatic rings. The summed E-state index contributed by atoms with van der Waals surface area (Å²) in [5, 5.41) is 9.29. The normalized spacial score (nSPS) is 15.9. The smallest absolute Gasteiger partial charge is 0.248 e. The SMILES string of the molecule is COc1ccc(/C=N/N2CCCC2C(=O)Nc2ccc(OC)c(OC)c2)cc1OC. The van der Waals surface area contributed by atoms with Gasteiger partial charge in [-0.1, -0.05) is 0 Å². The number of nitrogens with zero attached hydrogens (tertiary/aromatic N) is 2. The lowest BCUT2D eigenvalue weighted by Gasteiger charge is -2.21. The molecule has 8 nitrogen and oxygen atoms in total. The number of rotatable bonds is 8. The molecule has 1 heterocycles. The summed E-state index contributed by atoms with van der Waals surface area (Å²) in [5.74, 6) is 2.35. The van der Waals surface area contributed by atoms with Crippen LogP contribution in [0.2, 0.25) is 0 Å². The molecule has 1 atom stereocenters. The number of hydrogen-bond acceptors (Lipinski definition) is 7. The van der Waals surface area contributed by atoms with Crippen molar-refractivity contribution in [3.8, 4) is 23.0 Å². The first-order valence-corrected chi connectivity index (χ1v) is 9.65. The number of amides is 1. The van der Waals surface area contributed by atoms with Crippen molar-refractivity contribution in [2.75, 3.05) is 40.3 Å². The molecule has 30 heavy (non-hydrogen) atoms. The van der Waals surface area contributed by atoms with Gasteiger partial charge in [-0.25, -0.2) is 0 Å². The quantitative estimate of drug-likeness (QED) is 0.670. The van der Waals surface area contributed by atoms with Crippen LogP contribution >= 0.6 is 0 Å². The highest BCUT2D eigenvalue weighted by Gasteiger charge is 2.30. The van der Waals surface area contributed by atoms with Crippen LogP contribution in [0.15, 0.2) is 41.5 Å². The monoisotopic (exact) mass is 413 g/mol. The number of nitrogens with one attached hydrogen (secondary N) is 1. The van der Waals surface area contributed by atoms with Gasteiger partial charge in [-0.2, -0.15) is 5.10 Å². The van der Waals surface area contributed by atoms with Crippen molar-refractivity contribution in [2.24, 2.45) is 5.10 Å². The Kier molecular flexibility index (Phi) is 7.00. The molecular formula is C22H27N3O5. The van der Waals surface area contributed by atoms with Gasteiger partial charge in [-0.15, -0.1) is 0 Å². The number of hydrogen-bond donors (Lipinski definition) is 1. The van der Waals surface area contributed by atoms with Gasteiger partial charge in [-0.05, 0) is 48.7 Å². The van der Waals surface area contributed by atoms with E-state index in [9.17, 15) is 4.79 Å². The standard InChI is InChI=1S/C22H27N3O5/c1-27-18-9-7-15(12-20(18)29-3)14-23-25-11-5-6-17(25)22(26)24-16-8-10-19(28-2)21(13-16)30-4/h7-10,12-14,17H,5-6,11H2,1-4H3,(H,24,26)/b23-14+. The van der Waals surface area contributed by atoms with E-state index < -0.39 is 0 Å². The van der Waals surface area contributed by atoms with Crippen molar-refractivity contribution in [3.05, 3.63) is 42.0 Å². The number of anilines is 1. The van der Waals surface area contributed by atoms with E-state index in [4.69, 9.17) is 18.9 Å². The van der Waals surface area contributed by atoms with Gasteiger partial charge in [0.15, 0.2) is 23.0 Å². The summed E-state index contributed by atoms with van der Waals surface area (Å²) in [6.07, 6.45) is 3.36. The van der Waals surface area contributed by atoms with Gasteiger partial charge in [0, 0.05) is 18.3 Å². The number of carbonyl (C=O) groups is 1. The predicted octanol–water partition coefficient (Wildman–Crippen LogP) is 3.16. The zero-order valence-electron chi connectivity index (χ0n) is 17.7. The topological polar surface area (TPSA) is 81.6 Å². The van der Waals surface area contributed by atoms with Crippen LogP contribution in [0, 0.1) is 0 Å². The molecule has 1 N–H and O–H groups in total. The fourth-order valence-electron chi connectivity index (χ4n) is 3.37. The maximum atomic E-state index is 12.8. The molecule has 0 spiro atoms. The Bertz CT molecular complexity index is 916. The van der Waals surface area contributed by atoms with Crippen LogP contribution < -0.4 is 24.3 Å². The molecule has 1 aliphatic heterocycles. The first kappa shape index (κ1) is 21.3. The van der Waals surface area contributed by atoms with E-state index >= 15 is 0 Å². The molecule has 3 rings (SSSR count). The third-order valence-corrected chi connectivity index (χ3v) is 4.94. The van der Waals surface area contributed by atoms with Crippen LogP contribution in [0.3, 0.4) is 0 Å². The number of ether oxygens (including phenoxy) is 4. The van der Waals surface area contributed by atoms with Crippen LogP contribution in [0.4, 0.5) is 5.69 Å². The lowest BCUT2D eigenvalue weighted by molar-refractivity contribution is -0.120. The number of carbonyl (C=O) groups excluding carboxylic acids is 1. The van der Waals surface area contributed by atoms with Crippen molar-refractivity contribution in [1.82, 2.24) is 5.01 Å². The molecule has 1 fully saturated rings. The Morgan fingerprint density at radius 2 is 1.60 bits per heavy atom. The summed E-state index contributed by atoms with van der Waals surface area (Å²) in [7, 11) is 6.32. The van der Waals surface area contributed by atoms with Gasteiger partial charge < -0.3 is 24.3 Å². The molecule has 0 saturated carbocycles. The number of benzene rings is 2. The fraction of sp³-hybridized carbons (Fsp3) is 0.364. The minimum atomic E-state index is -0.338. The van der Waals surface area contributed by atoms with Crippen LogP contribution in [0.1, 0.15) is 18.4 Å². The summed E-state index contributed by atoms with van der Waals surface area (Å²) in [5.41, 5.74) is 1.51. The van der Waals surface area contributed by atoms with Crippen molar-refractivity contribution in [3.63, 3.8) is 0 Å². The Morgan fingerprint density at radius 1 is 0.967 bits per heavy atom. The molecule has 1 saturated heterocycles. The van der Waals surface area contributed by atoms with Gasteiger partial charge in [0.05, 0.1) is 34.7 Å². The highest BCUT2D eigenvalue weighted by molar-refractivity contribution is 5.95. The first-order valence-electron chi connectivity index (χ1n) is 9.65. The van der Waals surface area contributed by atoms with E-state index in [2.05, 4.69) is 10.4 Å². The second kappa shape index (κ2) is 9.87. The second-order valence-corrected chi connectivity index (χ2v) is 6.74. The summed E-state index contributed by atoms with van der Waals surface area (Å²) in [6, 6.07) is 10.5. The van der Waals surface area contributed by atoms with Gasteiger partial charge in [-0.3, -0.25) is 9.80 Å². The molecule has 160 valence electrons. The first-order chi connectivity index (χ1) is 14.6. The minimum Gasteiger partial charge on any atom is -0.493 e. The largest absolute Gasteiger partial charge is 0.493 e. The fourth-order valence-corrected chi connectivity index (χ4v) is 3.37. The van der Waals surface area contributed by atoms with Crippen molar-refractivity contribution >= 4 is 17.8 Å². The van der Waals surface area contributed by atoms with E-state index in [0.717, 1.165) is 18.4 Å². The zero-order chi connectivity index (χ0) is 21.5. The molecule has 0 aliphatic carbocycles. The Labute approximate surface area is 176 Å². The van der Waals surface area contributed by atoms with E-state index in [1.165, 1.54) is 0 Å². The molecule has 8 heteroatoms. The highest BCUT2D eigenvalue weighted by atomic mass is 16.5. The maximum Gasteiger partial charge on any atom is 0.248 e. The second-order valence-electron chi connectivity index (χ2n) is 6.74. The molecule has 0 bridgehead atoms. The Morgan fingerprint density at radius 3 is 2.27 bits per heavy atom. The van der Waals surface area contributed by atoms with Gasteiger partial charge in [0.25, 0.3) is 0 Å². The Hall–Kier alpha value is -3.42. The third kappa shape index (κ3) is 4.76. The summed E-state index contributed by atoms with van der Waals surface area (Å²) < 4.78 is 21.1. The van der Waals surface area contributed by atoms with Gasteiger partial charge in [0.2, 0.25) is 5.91 Å². The summed E-state index contributed by atoms with van der Waals surface area (Å²) in [4.78, 5) is 12.8. The van der Waals surface area contributed by atoms with E-state index in [-0.39, 0.29) is 11.9 Å². The van der Waals surface area contributed by atoms with E-state index in [0.29, 0.717) is 35.2 Å². The maximum absolute atomic E-state index is 12.8. The molecule has 0 radical (unpaired) electrons. The van der Waals surface area contributed by atoms with Gasteiger partial charge >= 0.3 is 0 Å². The molecule has 1 aliphatic rings. The number of methoxy groups -OCH3 is 4. The van der Waals surface area contributed by atoms with Crippen LogP contribution in [0.5, 0.6) is 23.0 Å². The minimum absolute atomic E-state index is 0.107. The van der Waals surface area contributed by atoms with E-state index in [1.54, 1.807) is 52.9 Å². The molecular weight excluding hydrogens is 386 g/mol. The highest BCUT2D eigenvalue weighted by Crippen LogP contribution is 2.30. The molecule has 1 amide bonds. The van der Waals surface area contributed by atoms with Crippen LogP contribution in [-0.4, -0.2) is 58.2 Å².